The van der Waals surface area contributed by atoms with Crippen molar-refractivity contribution in [2.24, 2.45) is 0 Å². The van der Waals surface area contributed by atoms with Crippen molar-refractivity contribution in [1.29, 1.82) is 0 Å². The molecule has 4 rings (SSSR count). The normalized spacial score (nSPS) is 14.4. The zero-order valence-electron chi connectivity index (χ0n) is 19.9. The molecular weight excluding hydrogens is 469 g/mol. The number of halogens is 2. The standard InChI is InChI=1S/C26H31Cl2N5O/c1-18-8-4-5-10-22(18)33(26(34)25-19(2)29-20(3)30-25)13-7-12-31-14-16-32(17-15-31)23-11-6-9-21(27)24(23)28/h4-6,8-11H,7,12-17H2,1-3H3,(H,29,30). The van der Waals surface area contributed by atoms with Crippen LogP contribution in [-0.4, -0.2) is 60.0 Å². The van der Waals surface area contributed by atoms with Crippen LogP contribution in [0.5, 0.6) is 0 Å². The number of anilines is 2. The van der Waals surface area contributed by atoms with E-state index in [-0.39, 0.29) is 5.91 Å². The van der Waals surface area contributed by atoms with Crippen molar-refractivity contribution in [2.75, 3.05) is 49.1 Å². The Labute approximate surface area is 211 Å². The minimum atomic E-state index is -0.0587. The van der Waals surface area contributed by atoms with Gasteiger partial charge in [-0.3, -0.25) is 9.69 Å². The number of nitrogens with one attached hydrogen (secondary N) is 1. The van der Waals surface area contributed by atoms with Gasteiger partial charge in [-0.15, -0.1) is 0 Å². The van der Waals surface area contributed by atoms with E-state index in [4.69, 9.17) is 23.2 Å². The predicted molar refractivity (Wildman–Crippen MR) is 141 cm³/mol. The van der Waals surface area contributed by atoms with Gasteiger partial charge in [0.25, 0.3) is 5.91 Å². The number of aromatic nitrogens is 2. The first kappa shape index (κ1) is 24.6. The number of hydrogen-bond donors (Lipinski definition) is 1. The van der Waals surface area contributed by atoms with E-state index >= 15 is 0 Å². The number of hydrogen-bond acceptors (Lipinski definition) is 4. The molecule has 0 saturated carbocycles. The highest BCUT2D eigenvalue weighted by atomic mass is 35.5. The van der Waals surface area contributed by atoms with Gasteiger partial charge in [0.15, 0.2) is 0 Å². The first-order valence-electron chi connectivity index (χ1n) is 11.7. The molecule has 1 aromatic heterocycles. The van der Waals surface area contributed by atoms with Gasteiger partial charge in [0.05, 0.1) is 15.7 Å². The van der Waals surface area contributed by atoms with Crippen molar-refractivity contribution in [3.05, 3.63) is 75.3 Å². The fourth-order valence-electron chi connectivity index (χ4n) is 4.55. The summed E-state index contributed by atoms with van der Waals surface area (Å²) in [6.07, 6.45) is 0.875. The Bertz CT molecular complexity index is 1150. The average Bonchev–Trinajstić information content (AvgIpc) is 3.17. The monoisotopic (exact) mass is 499 g/mol. The minimum absolute atomic E-state index is 0.0587. The van der Waals surface area contributed by atoms with Gasteiger partial charge in [-0.1, -0.05) is 47.5 Å². The van der Waals surface area contributed by atoms with Gasteiger partial charge < -0.3 is 14.8 Å². The first-order chi connectivity index (χ1) is 16.3. The quantitative estimate of drug-likeness (QED) is 0.466. The van der Waals surface area contributed by atoms with Crippen LogP contribution < -0.4 is 9.80 Å². The summed E-state index contributed by atoms with van der Waals surface area (Å²) in [6.45, 7) is 11.0. The number of amides is 1. The second kappa shape index (κ2) is 10.8. The van der Waals surface area contributed by atoms with E-state index in [2.05, 4.69) is 19.8 Å². The highest BCUT2D eigenvalue weighted by Crippen LogP contribution is 2.33. The van der Waals surface area contributed by atoms with E-state index in [0.29, 0.717) is 22.3 Å². The van der Waals surface area contributed by atoms with Gasteiger partial charge in [-0.25, -0.2) is 4.98 Å². The zero-order chi connectivity index (χ0) is 24.2. The fraction of sp³-hybridized carbons (Fsp3) is 0.385. The summed E-state index contributed by atoms with van der Waals surface area (Å²) in [4.78, 5) is 27.7. The summed E-state index contributed by atoms with van der Waals surface area (Å²) >= 11 is 12.6. The molecule has 8 heteroatoms. The maximum atomic E-state index is 13.5. The molecule has 1 saturated heterocycles. The molecule has 6 nitrogen and oxygen atoms in total. The Hall–Kier alpha value is -2.54. The van der Waals surface area contributed by atoms with Gasteiger partial charge in [0.2, 0.25) is 0 Å². The van der Waals surface area contributed by atoms with Crippen LogP contribution in [0.25, 0.3) is 0 Å². The number of para-hydroxylation sites is 1. The molecule has 0 radical (unpaired) electrons. The van der Waals surface area contributed by atoms with Crippen molar-refractivity contribution in [1.82, 2.24) is 14.9 Å². The molecule has 1 fully saturated rings. The van der Waals surface area contributed by atoms with Gasteiger partial charge >= 0.3 is 0 Å². The maximum absolute atomic E-state index is 13.5. The van der Waals surface area contributed by atoms with E-state index in [1.165, 1.54) is 0 Å². The molecule has 0 aliphatic carbocycles. The molecule has 180 valence electrons. The summed E-state index contributed by atoms with van der Waals surface area (Å²) < 4.78 is 0. The SMILES string of the molecule is Cc1nc(C(=O)N(CCCN2CCN(c3cccc(Cl)c3Cl)CC2)c2ccccc2C)c(C)[nH]1. The minimum Gasteiger partial charge on any atom is -0.368 e. The molecule has 34 heavy (non-hydrogen) atoms. The smallest absolute Gasteiger partial charge is 0.278 e. The Balaban J connectivity index is 1.39. The van der Waals surface area contributed by atoms with Crippen LogP contribution >= 0.6 is 23.2 Å². The number of H-pyrrole nitrogens is 1. The third-order valence-corrected chi connectivity index (χ3v) is 7.17. The largest absolute Gasteiger partial charge is 0.368 e. The number of carbonyl (C=O) groups excluding carboxylic acids is 1. The molecular formula is C26H31Cl2N5O. The van der Waals surface area contributed by atoms with Crippen molar-refractivity contribution in [3.63, 3.8) is 0 Å². The van der Waals surface area contributed by atoms with Crippen LogP contribution in [0.1, 0.15) is 34.0 Å². The molecule has 0 bridgehead atoms. The molecule has 0 atom stereocenters. The molecule has 2 heterocycles. The molecule has 1 aliphatic heterocycles. The van der Waals surface area contributed by atoms with Crippen molar-refractivity contribution in [3.8, 4) is 0 Å². The van der Waals surface area contributed by atoms with Crippen LogP contribution in [0.15, 0.2) is 42.5 Å². The van der Waals surface area contributed by atoms with E-state index in [1.54, 1.807) is 0 Å². The van der Waals surface area contributed by atoms with E-state index < -0.39 is 0 Å². The maximum Gasteiger partial charge on any atom is 0.278 e. The topological polar surface area (TPSA) is 55.5 Å². The number of nitrogens with zero attached hydrogens (tertiary/aromatic N) is 4. The summed E-state index contributed by atoms with van der Waals surface area (Å²) in [7, 11) is 0. The van der Waals surface area contributed by atoms with Gasteiger partial charge in [-0.2, -0.15) is 0 Å². The van der Waals surface area contributed by atoms with Crippen LogP contribution in [0.4, 0.5) is 11.4 Å². The second-order valence-electron chi connectivity index (χ2n) is 8.79. The highest BCUT2D eigenvalue weighted by molar-refractivity contribution is 6.43. The second-order valence-corrected chi connectivity index (χ2v) is 9.58. The number of rotatable bonds is 7. The molecule has 1 aliphatic rings. The van der Waals surface area contributed by atoms with Crippen LogP contribution in [0, 0.1) is 20.8 Å². The molecule has 2 aromatic carbocycles. The number of aryl methyl sites for hydroxylation is 3. The molecule has 3 aromatic rings. The number of carbonyl (C=O) groups is 1. The fourth-order valence-corrected chi connectivity index (χ4v) is 4.96. The summed E-state index contributed by atoms with van der Waals surface area (Å²) in [5.74, 6) is 0.694. The molecule has 0 spiro atoms. The number of aromatic amines is 1. The number of benzene rings is 2. The van der Waals surface area contributed by atoms with E-state index in [1.807, 2.05) is 68.1 Å². The zero-order valence-corrected chi connectivity index (χ0v) is 21.5. The number of piperazine rings is 1. The van der Waals surface area contributed by atoms with E-state index in [0.717, 1.165) is 67.6 Å². The first-order valence-corrected chi connectivity index (χ1v) is 12.4. The van der Waals surface area contributed by atoms with Crippen LogP contribution in [0.3, 0.4) is 0 Å². The van der Waals surface area contributed by atoms with Crippen LogP contribution in [-0.2, 0) is 0 Å². The van der Waals surface area contributed by atoms with Crippen LogP contribution in [0.2, 0.25) is 10.0 Å². The predicted octanol–water partition coefficient (Wildman–Crippen LogP) is 5.50. The Morgan fingerprint density at radius 1 is 1.03 bits per heavy atom. The molecule has 0 unspecified atom stereocenters. The third-order valence-electron chi connectivity index (χ3n) is 6.36. The van der Waals surface area contributed by atoms with Crippen molar-refractivity contribution < 1.29 is 4.79 Å². The van der Waals surface area contributed by atoms with Crippen molar-refractivity contribution >= 4 is 40.5 Å². The van der Waals surface area contributed by atoms with Gasteiger partial charge in [0, 0.05) is 44.1 Å². The summed E-state index contributed by atoms with van der Waals surface area (Å²) in [6, 6.07) is 13.8. The van der Waals surface area contributed by atoms with Gasteiger partial charge in [0.1, 0.15) is 11.5 Å². The lowest BCUT2D eigenvalue weighted by molar-refractivity contribution is 0.0980. The Kier molecular flexibility index (Phi) is 7.81. The number of imidazole rings is 1. The third kappa shape index (κ3) is 5.40. The Morgan fingerprint density at radius 2 is 1.76 bits per heavy atom. The average molecular weight is 500 g/mol. The molecule has 1 N–H and O–H groups in total. The highest BCUT2D eigenvalue weighted by Gasteiger charge is 2.24. The lowest BCUT2D eigenvalue weighted by Crippen LogP contribution is -2.47. The summed E-state index contributed by atoms with van der Waals surface area (Å²) in [5.41, 5.74) is 4.31. The molecule has 1 amide bonds. The Morgan fingerprint density at radius 3 is 2.44 bits per heavy atom. The van der Waals surface area contributed by atoms with Gasteiger partial charge in [-0.05, 0) is 57.5 Å². The summed E-state index contributed by atoms with van der Waals surface area (Å²) in [5, 5.41) is 1.21. The lowest BCUT2D eigenvalue weighted by atomic mass is 10.1. The van der Waals surface area contributed by atoms with Crippen molar-refractivity contribution in [2.45, 2.75) is 27.2 Å². The van der Waals surface area contributed by atoms with E-state index in [9.17, 15) is 4.79 Å². The lowest BCUT2D eigenvalue weighted by Gasteiger charge is -2.37.